The van der Waals surface area contributed by atoms with Gasteiger partial charge >= 0.3 is 0 Å². The van der Waals surface area contributed by atoms with Gasteiger partial charge in [-0.25, -0.2) is 4.68 Å². The van der Waals surface area contributed by atoms with Crippen LogP contribution in [0.3, 0.4) is 0 Å². The van der Waals surface area contributed by atoms with Crippen LogP contribution < -0.4 is 10.1 Å². The number of methoxy groups -OCH3 is 1. The van der Waals surface area contributed by atoms with E-state index in [2.05, 4.69) is 22.5 Å². The van der Waals surface area contributed by atoms with E-state index >= 15 is 0 Å². The number of rotatable bonds is 4. The molecule has 5 heteroatoms. The second kappa shape index (κ2) is 6.07. The van der Waals surface area contributed by atoms with E-state index in [4.69, 9.17) is 9.47 Å². The number of hydrogen-bond acceptors (Lipinski definition) is 4. The van der Waals surface area contributed by atoms with E-state index in [1.807, 2.05) is 23.0 Å². The third kappa shape index (κ3) is 2.84. The highest BCUT2D eigenvalue weighted by atomic mass is 16.5. The minimum atomic E-state index is 0.377. The predicted molar refractivity (Wildman–Crippen MR) is 76.4 cm³/mol. The second-order valence-electron chi connectivity index (χ2n) is 4.89. The first-order valence-corrected chi connectivity index (χ1v) is 6.85. The SMILES string of the molecule is COc1ccc(CC2COCCN2)cc1-n1cccn1. The summed E-state index contributed by atoms with van der Waals surface area (Å²) in [6, 6.07) is 8.51. The lowest BCUT2D eigenvalue weighted by atomic mass is 10.0. The molecular formula is C15H19N3O2. The van der Waals surface area contributed by atoms with Crippen LogP contribution in [0.5, 0.6) is 5.75 Å². The summed E-state index contributed by atoms with van der Waals surface area (Å²) in [5.41, 5.74) is 2.21. The third-order valence-electron chi connectivity index (χ3n) is 3.48. The van der Waals surface area contributed by atoms with Crippen LogP contribution in [0.1, 0.15) is 5.56 Å². The third-order valence-corrected chi connectivity index (χ3v) is 3.48. The zero-order chi connectivity index (χ0) is 13.8. The van der Waals surface area contributed by atoms with Crippen molar-refractivity contribution in [3.05, 3.63) is 42.2 Å². The van der Waals surface area contributed by atoms with Crippen LogP contribution in [-0.2, 0) is 11.2 Å². The molecule has 5 nitrogen and oxygen atoms in total. The van der Waals surface area contributed by atoms with E-state index in [0.29, 0.717) is 6.04 Å². The lowest BCUT2D eigenvalue weighted by Gasteiger charge is -2.24. The maximum Gasteiger partial charge on any atom is 0.144 e. The van der Waals surface area contributed by atoms with Gasteiger partial charge in [-0.3, -0.25) is 0 Å². The standard InChI is InChI=1S/C15H19N3O2/c1-19-15-4-3-12(9-13-11-20-8-6-16-13)10-14(15)18-7-2-5-17-18/h2-5,7,10,13,16H,6,8-9,11H2,1H3. The normalized spacial score (nSPS) is 18.9. The fourth-order valence-corrected chi connectivity index (χ4v) is 2.49. The van der Waals surface area contributed by atoms with Crippen molar-refractivity contribution in [2.24, 2.45) is 0 Å². The highest BCUT2D eigenvalue weighted by Crippen LogP contribution is 2.24. The Balaban J connectivity index is 1.83. The Morgan fingerprint density at radius 3 is 3.15 bits per heavy atom. The number of hydrogen-bond donors (Lipinski definition) is 1. The quantitative estimate of drug-likeness (QED) is 0.915. The molecule has 1 saturated heterocycles. The van der Waals surface area contributed by atoms with Crippen LogP contribution in [-0.4, -0.2) is 42.7 Å². The summed E-state index contributed by atoms with van der Waals surface area (Å²) in [6.07, 6.45) is 4.63. The molecule has 2 aromatic rings. The van der Waals surface area contributed by atoms with E-state index in [9.17, 15) is 0 Å². The van der Waals surface area contributed by atoms with Crippen molar-refractivity contribution in [3.8, 4) is 11.4 Å². The number of nitrogens with zero attached hydrogens (tertiary/aromatic N) is 2. The van der Waals surface area contributed by atoms with Crippen molar-refractivity contribution in [1.29, 1.82) is 0 Å². The van der Waals surface area contributed by atoms with Crippen molar-refractivity contribution in [2.75, 3.05) is 26.9 Å². The number of morpholine rings is 1. The Hall–Kier alpha value is -1.85. The van der Waals surface area contributed by atoms with Crippen molar-refractivity contribution >= 4 is 0 Å². The van der Waals surface area contributed by atoms with Gasteiger partial charge in [0.15, 0.2) is 0 Å². The first-order valence-electron chi connectivity index (χ1n) is 6.85. The molecule has 1 atom stereocenters. The molecule has 20 heavy (non-hydrogen) atoms. The summed E-state index contributed by atoms with van der Waals surface area (Å²) in [5.74, 6) is 0.824. The van der Waals surface area contributed by atoms with Crippen LogP contribution in [0.15, 0.2) is 36.7 Å². The Morgan fingerprint density at radius 2 is 2.45 bits per heavy atom. The van der Waals surface area contributed by atoms with Gasteiger partial charge in [-0.1, -0.05) is 6.07 Å². The zero-order valence-electron chi connectivity index (χ0n) is 11.6. The summed E-state index contributed by atoms with van der Waals surface area (Å²) >= 11 is 0. The van der Waals surface area contributed by atoms with E-state index in [1.165, 1.54) is 5.56 Å². The smallest absolute Gasteiger partial charge is 0.144 e. The highest BCUT2D eigenvalue weighted by Gasteiger charge is 2.15. The van der Waals surface area contributed by atoms with Crippen LogP contribution in [0, 0.1) is 0 Å². The molecule has 0 amide bonds. The van der Waals surface area contributed by atoms with Gasteiger partial charge in [0.2, 0.25) is 0 Å². The Bertz CT molecular complexity index is 548. The van der Waals surface area contributed by atoms with Crippen molar-refractivity contribution in [2.45, 2.75) is 12.5 Å². The second-order valence-corrected chi connectivity index (χ2v) is 4.89. The van der Waals surface area contributed by atoms with E-state index in [-0.39, 0.29) is 0 Å². The summed E-state index contributed by atoms with van der Waals surface area (Å²) in [6.45, 7) is 2.49. The molecule has 1 N–H and O–H groups in total. The maximum atomic E-state index is 5.50. The van der Waals surface area contributed by atoms with Crippen molar-refractivity contribution in [1.82, 2.24) is 15.1 Å². The number of ether oxygens (including phenoxy) is 2. The molecule has 1 aliphatic heterocycles. The minimum Gasteiger partial charge on any atom is -0.494 e. The zero-order valence-corrected chi connectivity index (χ0v) is 11.6. The predicted octanol–water partition coefficient (Wildman–Crippen LogP) is 1.41. The molecule has 0 saturated carbocycles. The van der Waals surface area contributed by atoms with Gasteiger partial charge in [0.1, 0.15) is 11.4 Å². The largest absolute Gasteiger partial charge is 0.494 e. The van der Waals surface area contributed by atoms with Crippen LogP contribution in [0.4, 0.5) is 0 Å². The van der Waals surface area contributed by atoms with E-state index in [0.717, 1.165) is 37.6 Å². The molecule has 0 bridgehead atoms. The van der Waals surface area contributed by atoms with Gasteiger partial charge in [0, 0.05) is 25.0 Å². The molecule has 0 aliphatic carbocycles. The number of aromatic nitrogens is 2. The molecule has 0 spiro atoms. The Kier molecular flexibility index (Phi) is 3.99. The fourth-order valence-electron chi connectivity index (χ4n) is 2.49. The molecular weight excluding hydrogens is 254 g/mol. The fraction of sp³-hybridized carbons (Fsp3) is 0.400. The Labute approximate surface area is 118 Å². The molecule has 1 unspecified atom stereocenters. The first-order chi connectivity index (χ1) is 9.86. The maximum absolute atomic E-state index is 5.50. The molecule has 1 fully saturated rings. The van der Waals surface area contributed by atoms with Crippen LogP contribution in [0.25, 0.3) is 5.69 Å². The summed E-state index contributed by atoms with van der Waals surface area (Å²) < 4.78 is 12.7. The van der Waals surface area contributed by atoms with Gasteiger partial charge in [-0.2, -0.15) is 5.10 Å². The van der Waals surface area contributed by atoms with Crippen LogP contribution in [0.2, 0.25) is 0 Å². The average molecular weight is 273 g/mol. The Morgan fingerprint density at radius 1 is 1.50 bits per heavy atom. The summed E-state index contributed by atoms with van der Waals surface area (Å²) in [5, 5.41) is 7.75. The molecule has 1 aliphatic rings. The number of nitrogens with one attached hydrogen (secondary N) is 1. The lowest BCUT2D eigenvalue weighted by Crippen LogP contribution is -2.42. The summed E-state index contributed by atoms with van der Waals surface area (Å²) in [4.78, 5) is 0. The van der Waals surface area contributed by atoms with Crippen LogP contribution >= 0.6 is 0 Å². The molecule has 1 aromatic heterocycles. The number of benzene rings is 1. The van der Waals surface area contributed by atoms with E-state index < -0.39 is 0 Å². The first kappa shape index (κ1) is 13.1. The van der Waals surface area contributed by atoms with Crippen molar-refractivity contribution < 1.29 is 9.47 Å². The van der Waals surface area contributed by atoms with Gasteiger partial charge < -0.3 is 14.8 Å². The molecule has 1 aromatic carbocycles. The molecule has 106 valence electrons. The van der Waals surface area contributed by atoms with E-state index in [1.54, 1.807) is 13.3 Å². The van der Waals surface area contributed by atoms with Gasteiger partial charge in [0.05, 0.1) is 20.3 Å². The summed E-state index contributed by atoms with van der Waals surface area (Å²) in [7, 11) is 1.68. The topological polar surface area (TPSA) is 48.3 Å². The minimum absolute atomic E-state index is 0.377. The lowest BCUT2D eigenvalue weighted by molar-refractivity contribution is 0.0770. The highest BCUT2D eigenvalue weighted by molar-refractivity contribution is 5.48. The van der Waals surface area contributed by atoms with Gasteiger partial charge in [-0.15, -0.1) is 0 Å². The molecule has 2 heterocycles. The van der Waals surface area contributed by atoms with Gasteiger partial charge in [-0.05, 0) is 30.2 Å². The monoisotopic (exact) mass is 273 g/mol. The van der Waals surface area contributed by atoms with Gasteiger partial charge in [0.25, 0.3) is 0 Å². The van der Waals surface area contributed by atoms with Crippen molar-refractivity contribution in [3.63, 3.8) is 0 Å². The average Bonchev–Trinajstić information content (AvgIpc) is 3.02. The molecule has 3 rings (SSSR count). The molecule has 0 radical (unpaired) electrons.